The summed E-state index contributed by atoms with van der Waals surface area (Å²) in [6.45, 7) is 6.42. The topological polar surface area (TPSA) is 81.7 Å². The lowest BCUT2D eigenvalue weighted by Crippen LogP contribution is -2.40. The van der Waals surface area contributed by atoms with Gasteiger partial charge in [0.2, 0.25) is 0 Å². The number of amides is 2. The van der Waals surface area contributed by atoms with Gasteiger partial charge in [-0.3, -0.25) is 4.79 Å². The molecule has 38 heavy (non-hydrogen) atoms. The number of para-hydroxylation sites is 1. The number of benzene rings is 3. The highest BCUT2D eigenvalue weighted by Crippen LogP contribution is 2.39. The van der Waals surface area contributed by atoms with Crippen LogP contribution in [0.2, 0.25) is 0 Å². The van der Waals surface area contributed by atoms with Crippen molar-refractivity contribution in [3.63, 3.8) is 0 Å². The first kappa shape index (κ1) is 27.2. The van der Waals surface area contributed by atoms with Crippen LogP contribution in [-0.2, 0) is 6.42 Å². The third-order valence-corrected chi connectivity index (χ3v) is 7.45. The Kier molecular flexibility index (Phi) is 8.66. The van der Waals surface area contributed by atoms with E-state index >= 15 is 0 Å². The van der Waals surface area contributed by atoms with Gasteiger partial charge in [-0.2, -0.15) is 0 Å². The van der Waals surface area contributed by atoms with Crippen molar-refractivity contribution >= 4 is 23.2 Å². The van der Waals surface area contributed by atoms with Crippen LogP contribution in [-0.4, -0.2) is 35.5 Å². The van der Waals surface area contributed by atoms with Gasteiger partial charge in [0, 0.05) is 29.9 Å². The Hall–Kier alpha value is -3.87. The normalized spacial score (nSPS) is 18.1. The second-order valence-electron chi connectivity index (χ2n) is 10.1. The lowest BCUT2D eigenvalue weighted by atomic mass is 9.85. The number of hydrogen-bond donors (Lipinski definition) is 3. The number of piperidine rings is 1. The molecule has 1 fully saturated rings. The molecule has 2 amide bonds. The standard InChI is InChI=1S/C31H36FN3O3/c1-4-27(33-31(38)34-28-9-5-7-23(18-28)21(3)36)19-25-8-6-10-29(30(25)37)35-16-15-24(17-20(35)2)22-11-13-26(32)14-12-22/h5-14,18,20,24,27,37H,4,15-17,19H2,1-3H3,(H2,33,34,38)/t20-,24?,27-/m1/s1. The second-order valence-corrected chi connectivity index (χ2v) is 10.1. The summed E-state index contributed by atoms with van der Waals surface area (Å²) in [5.74, 6) is 0.315. The van der Waals surface area contributed by atoms with Crippen molar-refractivity contribution < 1.29 is 19.1 Å². The number of aromatic hydroxyl groups is 1. The molecule has 1 unspecified atom stereocenters. The largest absolute Gasteiger partial charge is 0.505 e. The number of phenols is 1. The minimum absolute atomic E-state index is 0.0650. The molecule has 0 aromatic heterocycles. The monoisotopic (exact) mass is 517 g/mol. The molecule has 3 N–H and O–H groups in total. The molecule has 0 spiro atoms. The van der Waals surface area contributed by atoms with Crippen molar-refractivity contribution in [2.75, 3.05) is 16.8 Å². The predicted octanol–water partition coefficient (Wildman–Crippen LogP) is 6.65. The zero-order valence-electron chi connectivity index (χ0n) is 22.2. The Morgan fingerprint density at radius 3 is 2.53 bits per heavy atom. The number of urea groups is 1. The van der Waals surface area contributed by atoms with Gasteiger partial charge in [0.15, 0.2) is 5.78 Å². The van der Waals surface area contributed by atoms with E-state index in [1.807, 2.05) is 37.3 Å². The lowest BCUT2D eigenvalue weighted by molar-refractivity contribution is 0.101. The number of Topliss-reactive ketones (excluding diaryl/α,β-unsaturated/α-hetero) is 1. The molecule has 3 aromatic carbocycles. The van der Waals surface area contributed by atoms with Gasteiger partial charge < -0.3 is 20.6 Å². The van der Waals surface area contributed by atoms with Gasteiger partial charge in [0.1, 0.15) is 11.6 Å². The molecule has 3 atom stereocenters. The van der Waals surface area contributed by atoms with E-state index < -0.39 is 0 Å². The average molecular weight is 518 g/mol. The summed E-state index contributed by atoms with van der Waals surface area (Å²) in [7, 11) is 0. The van der Waals surface area contributed by atoms with Gasteiger partial charge in [0.05, 0.1) is 5.69 Å². The minimum Gasteiger partial charge on any atom is -0.505 e. The van der Waals surface area contributed by atoms with Crippen LogP contribution >= 0.6 is 0 Å². The maximum atomic E-state index is 13.3. The summed E-state index contributed by atoms with van der Waals surface area (Å²) in [6.07, 6.45) is 3.00. The molecule has 0 aliphatic carbocycles. The third-order valence-electron chi connectivity index (χ3n) is 7.45. The van der Waals surface area contributed by atoms with E-state index in [0.717, 1.165) is 36.2 Å². The summed E-state index contributed by atoms with van der Waals surface area (Å²) in [6, 6.07) is 19.1. The second kappa shape index (κ2) is 12.1. The van der Waals surface area contributed by atoms with E-state index in [-0.39, 0.29) is 35.5 Å². The maximum absolute atomic E-state index is 13.3. The number of phenolic OH excluding ortho intramolecular Hbond substituents is 1. The van der Waals surface area contributed by atoms with Crippen molar-refractivity contribution in [2.24, 2.45) is 0 Å². The van der Waals surface area contributed by atoms with Gasteiger partial charge in [-0.15, -0.1) is 0 Å². The van der Waals surface area contributed by atoms with Crippen molar-refractivity contribution in [3.05, 3.63) is 89.2 Å². The Morgan fingerprint density at radius 2 is 1.84 bits per heavy atom. The van der Waals surface area contributed by atoms with Gasteiger partial charge in [-0.1, -0.05) is 43.3 Å². The maximum Gasteiger partial charge on any atom is 0.319 e. The zero-order chi connectivity index (χ0) is 27.2. The molecule has 6 nitrogen and oxygen atoms in total. The van der Waals surface area contributed by atoms with E-state index in [2.05, 4.69) is 22.5 Å². The first-order valence-electron chi connectivity index (χ1n) is 13.3. The van der Waals surface area contributed by atoms with E-state index in [4.69, 9.17) is 0 Å². The highest BCUT2D eigenvalue weighted by atomic mass is 19.1. The zero-order valence-corrected chi connectivity index (χ0v) is 22.2. The van der Waals surface area contributed by atoms with Crippen LogP contribution in [0.4, 0.5) is 20.6 Å². The molecule has 0 saturated carbocycles. The van der Waals surface area contributed by atoms with Crippen LogP contribution < -0.4 is 15.5 Å². The molecule has 1 saturated heterocycles. The predicted molar refractivity (Wildman–Crippen MR) is 150 cm³/mol. The van der Waals surface area contributed by atoms with Gasteiger partial charge in [0.25, 0.3) is 0 Å². The Morgan fingerprint density at radius 1 is 1.11 bits per heavy atom. The highest BCUT2D eigenvalue weighted by Gasteiger charge is 2.29. The third kappa shape index (κ3) is 6.52. The van der Waals surface area contributed by atoms with Gasteiger partial charge >= 0.3 is 6.03 Å². The molecule has 3 aromatic rings. The molecular formula is C31H36FN3O3. The Bertz CT molecular complexity index is 1280. The number of anilines is 2. The molecule has 0 radical (unpaired) electrons. The van der Waals surface area contributed by atoms with E-state index in [1.54, 1.807) is 24.3 Å². The molecule has 1 heterocycles. The van der Waals surface area contributed by atoms with Crippen LogP contribution in [0, 0.1) is 5.82 Å². The fourth-order valence-corrected chi connectivity index (χ4v) is 5.27. The summed E-state index contributed by atoms with van der Waals surface area (Å²) in [5.41, 5.74) is 3.81. The number of nitrogens with one attached hydrogen (secondary N) is 2. The van der Waals surface area contributed by atoms with E-state index in [0.29, 0.717) is 30.0 Å². The van der Waals surface area contributed by atoms with E-state index in [9.17, 15) is 19.1 Å². The summed E-state index contributed by atoms with van der Waals surface area (Å²) >= 11 is 0. The number of nitrogens with zero attached hydrogens (tertiary/aromatic N) is 1. The fraction of sp³-hybridized carbons (Fsp3) is 0.355. The molecule has 4 rings (SSSR count). The smallest absolute Gasteiger partial charge is 0.319 e. The number of ketones is 1. The molecule has 0 bridgehead atoms. The van der Waals surface area contributed by atoms with Crippen LogP contribution in [0.5, 0.6) is 5.75 Å². The first-order chi connectivity index (χ1) is 18.2. The van der Waals surface area contributed by atoms with Crippen LogP contribution in [0.1, 0.15) is 67.4 Å². The van der Waals surface area contributed by atoms with Crippen molar-refractivity contribution in [3.8, 4) is 5.75 Å². The summed E-state index contributed by atoms with van der Waals surface area (Å²) < 4.78 is 13.3. The molecule has 1 aliphatic heterocycles. The van der Waals surface area contributed by atoms with Crippen LogP contribution in [0.25, 0.3) is 0 Å². The fourth-order valence-electron chi connectivity index (χ4n) is 5.27. The molecular weight excluding hydrogens is 481 g/mol. The summed E-state index contributed by atoms with van der Waals surface area (Å²) in [4.78, 5) is 26.5. The number of halogens is 1. The van der Waals surface area contributed by atoms with Crippen LogP contribution in [0.15, 0.2) is 66.7 Å². The van der Waals surface area contributed by atoms with Crippen LogP contribution in [0.3, 0.4) is 0 Å². The minimum atomic E-state index is -0.357. The molecule has 1 aliphatic rings. The van der Waals surface area contributed by atoms with Crippen molar-refractivity contribution in [1.29, 1.82) is 0 Å². The van der Waals surface area contributed by atoms with Gasteiger partial charge in [-0.05, 0) is 86.9 Å². The number of carbonyl (C=O) groups is 2. The van der Waals surface area contributed by atoms with E-state index in [1.165, 1.54) is 19.1 Å². The number of hydrogen-bond acceptors (Lipinski definition) is 4. The molecule has 200 valence electrons. The van der Waals surface area contributed by atoms with Gasteiger partial charge in [-0.25, -0.2) is 9.18 Å². The first-order valence-corrected chi connectivity index (χ1v) is 13.3. The SMILES string of the molecule is CC[C@H](Cc1cccc(N2CCC(c3ccc(F)cc3)C[C@H]2C)c1O)NC(=O)Nc1cccc(C(C)=O)c1. The highest BCUT2D eigenvalue weighted by molar-refractivity contribution is 5.96. The average Bonchev–Trinajstić information content (AvgIpc) is 2.90. The number of rotatable bonds is 8. The Balaban J connectivity index is 1.40. The number of carbonyl (C=O) groups excluding carboxylic acids is 2. The summed E-state index contributed by atoms with van der Waals surface area (Å²) in [5, 5.41) is 17.0. The Labute approximate surface area is 223 Å². The molecule has 7 heteroatoms. The van der Waals surface area contributed by atoms with Crippen molar-refractivity contribution in [2.45, 2.75) is 64.5 Å². The quantitative estimate of drug-likeness (QED) is 0.292. The lowest BCUT2D eigenvalue weighted by Gasteiger charge is -2.40. The van der Waals surface area contributed by atoms with Crippen molar-refractivity contribution in [1.82, 2.24) is 5.32 Å².